The van der Waals surface area contributed by atoms with Crippen molar-refractivity contribution in [1.82, 2.24) is 19.9 Å². The molecular weight excluding hydrogens is 425 g/mol. The van der Waals surface area contributed by atoms with Crippen molar-refractivity contribution in [2.24, 2.45) is 5.41 Å². The minimum Gasteiger partial charge on any atom is -0.304 e. The minimum atomic E-state index is -4.81. The van der Waals surface area contributed by atoms with Gasteiger partial charge < -0.3 is 4.90 Å². The SMILES string of the molecule is CC(C)(C)Cn1cc(CN2C(=O)N(c3ccc(C#N)c(C(F)(F)F)c3)C(=O)C2(C)C)nn1. The molecule has 2 heterocycles. The van der Waals surface area contributed by atoms with Crippen LogP contribution in [0.4, 0.5) is 23.7 Å². The number of hydrogen-bond donors (Lipinski definition) is 0. The first-order valence-corrected chi connectivity index (χ1v) is 9.81. The van der Waals surface area contributed by atoms with Gasteiger partial charge in [-0.25, -0.2) is 9.69 Å². The van der Waals surface area contributed by atoms with Crippen LogP contribution in [0.25, 0.3) is 0 Å². The summed E-state index contributed by atoms with van der Waals surface area (Å²) in [5.74, 6) is -0.678. The number of halogens is 3. The lowest BCUT2D eigenvalue weighted by molar-refractivity contribution is -0.137. The highest BCUT2D eigenvalue weighted by molar-refractivity contribution is 6.23. The standard InChI is InChI=1S/C21H23F3N6O2/c1-19(2,3)12-28-10-14(26-27-28)11-29-18(32)30(17(31)20(29,4)5)15-7-6-13(9-25)16(8-15)21(22,23)24/h6-8,10H,11-12H2,1-5H3. The molecule has 32 heavy (non-hydrogen) atoms. The van der Waals surface area contributed by atoms with Crippen LogP contribution in [-0.4, -0.2) is 37.4 Å². The summed E-state index contributed by atoms with van der Waals surface area (Å²) in [4.78, 5) is 28.1. The fraction of sp³-hybridized carbons (Fsp3) is 0.476. The first-order chi connectivity index (χ1) is 14.6. The van der Waals surface area contributed by atoms with Crippen LogP contribution >= 0.6 is 0 Å². The topological polar surface area (TPSA) is 95.1 Å². The molecule has 1 saturated heterocycles. The van der Waals surface area contributed by atoms with E-state index in [1.165, 1.54) is 24.8 Å². The third kappa shape index (κ3) is 4.30. The Kier molecular flexibility index (Phi) is 5.53. The predicted octanol–water partition coefficient (Wildman–Crippen LogP) is 3.96. The zero-order valence-electron chi connectivity index (χ0n) is 18.4. The van der Waals surface area contributed by atoms with E-state index in [9.17, 15) is 22.8 Å². The Morgan fingerprint density at radius 1 is 1.16 bits per heavy atom. The van der Waals surface area contributed by atoms with Gasteiger partial charge in [-0.3, -0.25) is 9.48 Å². The van der Waals surface area contributed by atoms with E-state index in [1.807, 2.05) is 20.8 Å². The van der Waals surface area contributed by atoms with E-state index in [4.69, 9.17) is 5.26 Å². The minimum absolute atomic E-state index is 0.0410. The van der Waals surface area contributed by atoms with E-state index in [1.54, 1.807) is 10.9 Å². The third-order valence-electron chi connectivity index (χ3n) is 5.05. The highest BCUT2D eigenvalue weighted by Crippen LogP contribution is 2.38. The molecule has 1 fully saturated rings. The molecule has 8 nitrogen and oxygen atoms in total. The molecule has 0 saturated carbocycles. The van der Waals surface area contributed by atoms with Crippen molar-refractivity contribution in [1.29, 1.82) is 5.26 Å². The predicted molar refractivity (Wildman–Crippen MR) is 108 cm³/mol. The van der Waals surface area contributed by atoms with Crippen LogP contribution in [0.2, 0.25) is 0 Å². The molecule has 1 aliphatic rings. The molecule has 3 rings (SSSR count). The monoisotopic (exact) mass is 448 g/mol. The lowest BCUT2D eigenvalue weighted by atomic mass is 9.97. The molecule has 2 aromatic rings. The summed E-state index contributed by atoms with van der Waals surface area (Å²) in [6.07, 6.45) is -3.14. The second-order valence-corrected chi connectivity index (χ2v) is 9.38. The molecule has 0 unspecified atom stereocenters. The molecule has 11 heteroatoms. The lowest BCUT2D eigenvalue weighted by Gasteiger charge is -2.26. The molecule has 0 aliphatic carbocycles. The molecule has 0 radical (unpaired) electrons. The van der Waals surface area contributed by atoms with Gasteiger partial charge >= 0.3 is 12.2 Å². The maximum Gasteiger partial charge on any atom is 0.417 e. The van der Waals surface area contributed by atoms with E-state index in [0.717, 1.165) is 12.1 Å². The number of amides is 3. The smallest absolute Gasteiger partial charge is 0.304 e. The molecule has 0 N–H and O–H groups in total. The van der Waals surface area contributed by atoms with Crippen molar-refractivity contribution in [3.05, 3.63) is 41.2 Å². The molecule has 1 aromatic carbocycles. The van der Waals surface area contributed by atoms with E-state index in [-0.39, 0.29) is 17.6 Å². The van der Waals surface area contributed by atoms with Gasteiger partial charge in [-0.1, -0.05) is 26.0 Å². The van der Waals surface area contributed by atoms with E-state index >= 15 is 0 Å². The number of nitrogens with zero attached hydrogens (tertiary/aromatic N) is 6. The number of benzene rings is 1. The Morgan fingerprint density at radius 3 is 2.38 bits per heavy atom. The van der Waals surface area contributed by atoms with Crippen molar-refractivity contribution in [3.8, 4) is 6.07 Å². The fourth-order valence-corrected chi connectivity index (χ4v) is 3.47. The first-order valence-electron chi connectivity index (χ1n) is 9.81. The van der Waals surface area contributed by atoms with E-state index in [2.05, 4.69) is 10.3 Å². The van der Waals surface area contributed by atoms with Gasteiger partial charge in [0.1, 0.15) is 11.2 Å². The summed E-state index contributed by atoms with van der Waals surface area (Å²) in [6, 6.07) is 3.46. The normalized spacial score (nSPS) is 16.6. The summed E-state index contributed by atoms with van der Waals surface area (Å²) >= 11 is 0. The van der Waals surface area contributed by atoms with Gasteiger partial charge in [-0.15, -0.1) is 5.10 Å². The van der Waals surface area contributed by atoms with Gasteiger partial charge in [0, 0.05) is 6.54 Å². The zero-order chi connectivity index (χ0) is 24.1. The van der Waals surface area contributed by atoms with Crippen molar-refractivity contribution in [2.75, 3.05) is 4.90 Å². The number of alkyl halides is 3. The Hall–Kier alpha value is -3.42. The number of hydrogen-bond acceptors (Lipinski definition) is 5. The third-order valence-corrected chi connectivity index (χ3v) is 5.05. The maximum atomic E-state index is 13.4. The summed E-state index contributed by atoms with van der Waals surface area (Å²) in [5.41, 5.74) is -2.98. The average molecular weight is 448 g/mol. The molecular formula is C21H23F3N6O2. The van der Waals surface area contributed by atoms with Crippen LogP contribution in [0, 0.1) is 16.7 Å². The number of urea groups is 1. The first kappa shape index (κ1) is 23.2. The Labute approximate surface area is 183 Å². The molecule has 0 atom stereocenters. The van der Waals surface area contributed by atoms with E-state index < -0.39 is 34.8 Å². The number of imide groups is 1. The zero-order valence-corrected chi connectivity index (χ0v) is 18.4. The molecule has 1 aliphatic heterocycles. The summed E-state index contributed by atoms with van der Waals surface area (Å²) in [5, 5.41) is 17.1. The van der Waals surface area contributed by atoms with Gasteiger partial charge in [0.05, 0.1) is 35.6 Å². The molecule has 0 bridgehead atoms. The van der Waals surface area contributed by atoms with Crippen LogP contribution < -0.4 is 4.90 Å². The highest BCUT2D eigenvalue weighted by atomic mass is 19.4. The quantitative estimate of drug-likeness (QED) is 0.660. The number of carbonyl (C=O) groups is 2. The summed E-state index contributed by atoms with van der Waals surface area (Å²) in [7, 11) is 0. The average Bonchev–Trinajstić information content (AvgIpc) is 3.16. The van der Waals surface area contributed by atoms with Crippen LogP contribution in [0.3, 0.4) is 0 Å². The number of rotatable bonds is 4. The number of nitriles is 1. The Morgan fingerprint density at radius 2 is 1.81 bits per heavy atom. The molecule has 0 spiro atoms. The van der Waals surface area contributed by atoms with Crippen molar-refractivity contribution < 1.29 is 22.8 Å². The van der Waals surface area contributed by atoms with Gasteiger partial charge in [-0.05, 0) is 37.5 Å². The van der Waals surface area contributed by atoms with Crippen LogP contribution in [0.5, 0.6) is 0 Å². The van der Waals surface area contributed by atoms with Crippen LogP contribution in [0.1, 0.15) is 51.4 Å². The Bertz CT molecular complexity index is 1110. The maximum absolute atomic E-state index is 13.4. The van der Waals surface area contributed by atoms with Crippen molar-refractivity contribution in [3.63, 3.8) is 0 Å². The second kappa shape index (κ2) is 7.62. The van der Waals surface area contributed by atoms with Gasteiger partial charge in [0.25, 0.3) is 5.91 Å². The number of anilines is 1. The van der Waals surface area contributed by atoms with Gasteiger partial charge in [0.2, 0.25) is 0 Å². The Balaban J connectivity index is 1.93. The molecule has 3 amide bonds. The van der Waals surface area contributed by atoms with Crippen LogP contribution in [-0.2, 0) is 24.1 Å². The lowest BCUT2D eigenvalue weighted by Crippen LogP contribution is -2.43. The molecule has 1 aromatic heterocycles. The largest absolute Gasteiger partial charge is 0.417 e. The van der Waals surface area contributed by atoms with Crippen molar-refractivity contribution >= 4 is 17.6 Å². The second-order valence-electron chi connectivity index (χ2n) is 9.38. The fourth-order valence-electron chi connectivity index (χ4n) is 3.47. The summed E-state index contributed by atoms with van der Waals surface area (Å²) < 4.78 is 41.7. The number of carbonyl (C=O) groups excluding carboxylic acids is 2. The highest BCUT2D eigenvalue weighted by Gasteiger charge is 2.52. The van der Waals surface area contributed by atoms with Crippen LogP contribution in [0.15, 0.2) is 24.4 Å². The summed E-state index contributed by atoms with van der Waals surface area (Å²) in [6.45, 7) is 9.68. The van der Waals surface area contributed by atoms with Crippen molar-refractivity contribution in [2.45, 2.75) is 59.4 Å². The van der Waals surface area contributed by atoms with Gasteiger partial charge in [0.15, 0.2) is 0 Å². The van der Waals surface area contributed by atoms with Gasteiger partial charge in [-0.2, -0.15) is 18.4 Å². The van der Waals surface area contributed by atoms with E-state index in [0.29, 0.717) is 23.2 Å². The number of aromatic nitrogens is 3. The molecule has 170 valence electrons.